The number of aryl methyl sites for hydroxylation is 2. The van der Waals surface area contributed by atoms with Gasteiger partial charge in [-0.15, -0.1) is 0 Å². The van der Waals surface area contributed by atoms with E-state index in [1.54, 1.807) is 0 Å². The van der Waals surface area contributed by atoms with E-state index in [4.69, 9.17) is 4.42 Å². The Morgan fingerprint density at radius 2 is 2.00 bits per heavy atom. The number of furan rings is 1. The quantitative estimate of drug-likeness (QED) is 0.657. The van der Waals surface area contributed by atoms with Crippen LogP contribution in [0.3, 0.4) is 0 Å². The molecule has 3 rings (SSSR count). The first-order valence-electron chi connectivity index (χ1n) is 5.24. The van der Waals surface area contributed by atoms with Crippen molar-refractivity contribution in [3.63, 3.8) is 0 Å². The largest absolute Gasteiger partial charge is 0.464 e. The Kier molecular flexibility index (Phi) is 1.52. The van der Waals surface area contributed by atoms with Crippen molar-refractivity contribution in [2.75, 3.05) is 0 Å². The summed E-state index contributed by atoms with van der Waals surface area (Å²) >= 11 is 0. The molecule has 1 saturated carbocycles. The van der Waals surface area contributed by atoms with Crippen molar-refractivity contribution in [3.8, 4) is 0 Å². The number of rotatable bonds is 1. The van der Waals surface area contributed by atoms with Crippen molar-refractivity contribution >= 4 is 11.0 Å². The zero-order chi connectivity index (χ0) is 9.71. The predicted octanol–water partition coefficient (Wildman–Crippen LogP) is 3.93. The van der Waals surface area contributed by atoms with E-state index < -0.39 is 0 Å². The fourth-order valence-corrected chi connectivity index (χ4v) is 2.13. The van der Waals surface area contributed by atoms with E-state index in [2.05, 4.69) is 26.0 Å². The van der Waals surface area contributed by atoms with Gasteiger partial charge in [-0.1, -0.05) is 6.07 Å². The second-order valence-electron chi connectivity index (χ2n) is 4.35. The van der Waals surface area contributed by atoms with Crippen LogP contribution < -0.4 is 0 Å². The Morgan fingerprint density at radius 3 is 2.71 bits per heavy atom. The molecule has 0 spiro atoms. The molecule has 1 aliphatic carbocycles. The maximum atomic E-state index is 5.59. The molecule has 1 aliphatic rings. The Labute approximate surface area is 83.7 Å². The highest BCUT2D eigenvalue weighted by molar-refractivity contribution is 5.86. The van der Waals surface area contributed by atoms with Crippen LogP contribution in [0.5, 0.6) is 0 Å². The standard InChI is InChI=1S/C13H14O/c1-8-3-6-12-13(9(8)2)11(7-14-12)10-4-5-10/h3,6-7,10H,4-5H2,1-2H3. The van der Waals surface area contributed by atoms with Crippen LogP contribution >= 0.6 is 0 Å². The molecule has 0 amide bonds. The SMILES string of the molecule is Cc1ccc2occ(C3CC3)c2c1C. The van der Waals surface area contributed by atoms with Crippen LogP contribution in [0.15, 0.2) is 22.8 Å². The van der Waals surface area contributed by atoms with Crippen LogP contribution in [0.25, 0.3) is 11.0 Å². The van der Waals surface area contributed by atoms with E-state index in [1.807, 2.05) is 6.26 Å². The van der Waals surface area contributed by atoms with Crippen LogP contribution in [0, 0.1) is 13.8 Å². The molecule has 0 atom stereocenters. The van der Waals surface area contributed by atoms with Crippen molar-refractivity contribution in [2.45, 2.75) is 32.6 Å². The van der Waals surface area contributed by atoms with Gasteiger partial charge in [0.2, 0.25) is 0 Å². The molecule has 2 aromatic rings. The van der Waals surface area contributed by atoms with Gasteiger partial charge in [0.1, 0.15) is 5.58 Å². The fourth-order valence-electron chi connectivity index (χ4n) is 2.13. The minimum atomic E-state index is 0.775. The van der Waals surface area contributed by atoms with E-state index in [9.17, 15) is 0 Å². The van der Waals surface area contributed by atoms with Gasteiger partial charge >= 0.3 is 0 Å². The molecule has 1 aromatic heterocycles. The summed E-state index contributed by atoms with van der Waals surface area (Å²) in [5.74, 6) is 0.775. The number of hydrogen-bond donors (Lipinski definition) is 0. The molecule has 0 saturated heterocycles. The van der Waals surface area contributed by atoms with Crippen molar-refractivity contribution in [2.24, 2.45) is 0 Å². The van der Waals surface area contributed by atoms with Gasteiger partial charge in [0.05, 0.1) is 6.26 Å². The van der Waals surface area contributed by atoms with Crippen molar-refractivity contribution in [3.05, 3.63) is 35.1 Å². The van der Waals surface area contributed by atoms with E-state index in [1.165, 1.54) is 34.9 Å². The number of hydrogen-bond acceptors (Lipinski definition) is 1. The molecule has 0 bridgehead atoms. The highest BCUT2D eigenvalue weighted by Gasteiger charge is 2.27. The van der Waals surface area contributed by atoms with Crippen LogP contribution in [0.2, 0.25) is 0 Å². The van der Waals surface area contributed by atoms with E-state index in [-0.39, 0.29) is 0 Å². The van der Waals surface area contributed by atoms with Gasteiger partial charge in [0, 0.05) is 10.9 Å². The predicted molar refractivity (Wildman–Crippen MR) is 57.7 cm³/mol. The maximum absolute atomic E-state index is 5.59. The zero-order valence-corrected chi connectivity index (χ0v) is 8.63. The topological polar surface area (TPSA) is 13.1 Å². The first-order chi connectivity index (χ1) is 6.77. The third-order valence-corrected chi connectivity index (χ3v) is 3.32. The lowest BCUT2D eigenvalue weighted by molar-refractivity contribution is 0.610. The summed E-state index contributed by atoms with van der Waals surface area (Å²) in [4.78, 5) is 0. The van der Waals surface area contributed by atoms with Crippen molar-refractivity contribution in [1.29, 1.82) is 0 Å². The molecule has 1 heteroatoms. The van der Waals surface area contributed by atoms with Crippen LogP contribution in [0.4, 0.5) is 0 Å². The molecule has 1 aromatic carbocycles. The molecule has 0 aliphatic heterocycles. The average Bonchev–Trinajstić information content (AvgIpc) is 2.93. The lowest BCUT2D eigenvalue weighted by atomic mass is 10.0. The summed E-state index contributed by atoms with van der Waals surface area (Å²) in [6.07, 6.45) is 4.62. The van der Waals surface area contributed by atoms with Crippen LogP contribution in [0.1, 0.15) is 35.4 Å². The Morgan fingerprint density at radius 1 is 1.21 bits per heavy atom. The first-order valence-corrected chi connectivity index (χ1v) is 5.24. The molecule has 0 radical (unpaired) electrons. The molecule has 1 nitrogen and oxygen atoms in total. The zero-order valence-electron chi connectivity index (χ0n) is 8.63. The maximum Gasteiger partial charge on any atom is 0.134 e. The molecular weight excluding hydrogens is 172 g/mol. The molecule has 0 unspecified atom stereocenters. The third-order valence-electron chi connectivity index (χ3n) is 3.32. The van der Waals surface area contributed by atoms with E-state index >= 15 is 0 Å². The Balaban J connectivity index is 2.36. The third kappa shape index (κ3) is 1.02. The molecule has 14 heavy (non-hydrogen) atoms. The fraction of sp³-hybridized carbons (Fsp3) is 0.385. The minimum Gasteiger partial charge on any atom is -0.464 e. The Hall–Kier alpha value is -1.24. The molecule has 1 heterocycles. The summed E-state index contributed by atoms with van der Waals surface area (Å²) in [7, 11) is 0. The molecule has 1 fully saturated rings. The highest BCUT2D eigenvalue weighted by Crippen LogP contribution is 2.44. The van der Waals surface area contributed by atoms with E-state index in [0.717, 1.165) is 11.5 Å². The normalized spacial score (nSPS) is 16.4. The summed E-state index contributed by atoms with van der Waals surface area (Å²) < 4.78 is 5.59. The van der Waals surface area contributed by atoms with Gasteiger partial charge in [0.25, 0.3) is 0 Å². The lowest BCUT2D eigenvalue weighted by Crippen LogP contribution is -1.84. The van der Waals surface area contributed by atoms with Crippen LogP contribution in [-0.4, -0.2) is 0 Å². The second-order valence-corrected chi connectivity index (χ2v) is 4.35. The second kappa shape index (κ2) is 2.63. The summed E-state index contributed by atoms with van der Waals surface area (Å²) in [6, 6.07) is 4.22. The van der Waals surface area contributed by atoms with Crippen LogP contribution in [-0.2, 0) is 0 Å². The van der Waals surface area contributed by atoms with Crippen molar-refractivity contribution < 1.29 is 4.42 Å². The summed E-state index contributed by atoms with van der Waals surface area (Å²) in [6.45, 7) is 4.36. The molecule has 0 N–H and O–H groups in total. The summed E-state index contributed by atoms with van der Waals surface area (Å²) in [5, 5.41) is 1.37. The van der Waals surface area contributed by atoms with Gasteiger partial charge in [-0.3, -0.25) is 0 Å². The molecular formula is C13H14O. The Bertz CT molecular complexity index is 489. The van der Waals surface area contributed by atoms with Crippen molar-refractivity contribution in [1.82, 2.24) is 0 Å². The average molecular weight is 186 g/mol. The van der Waals surface area contributed by atoms with Gasteiger partial charge in [-0.05, 0) is 49.8 Å². The first kappa shape index (κ1) is 8.10. The van der Waals surface area contributed by atoms with Gasteiger partial charge in [0.15, 0.2) is 0 Å². The highest BCUT2D eigenvalue weighted by atomic mass is 16.3. The lowest BCUT2D eigenvalue weighted by Gasteiger charge is -2.02. The van der Waals surface area contributed by atoms with Gasteiger partial charge in [-0.2, -0.15) is 0 Å². The van der Waals surface area contributed by atoms with Gasteiger partial charge in [-0.25, -0.2) is 0 Å². The monoisotopic (exact) mass is 186 g/mol. The van der Waals surface area contributed by atoms with E-state index in [0.29, 0.717) is 0 Å². The number of benzene rings is 1. The minimum absolute atomic E-state index is 0.775. The number of fused-ring (bicyclic) bond motifs is 1. The van der Waals surface area contributed by atoms with Gasteiger partial charge < -0.3 is 4.42 Å². The molecule has 72 valence electrons. The summed E-state index contributed by atoms with van der Waals surface area (Å²) in [5.41, 5.74) is 5.23. The smallest absolute Gasteiger partial charge is 0.134 e.